The molecule has 6 aromatic rings. The van der Waals surface area contributed by atoms with Gasteiger partial charge in [0.1, 0.15) is 17.7 Å². The Hall–Kier alpha value is -5.62. The van der Waals surface area contributed by atoms with E-state index in [1.165, 1.54) is 5.56 Å². The Kier molecular flexibility index (Phi) is 10.2. The average molecular weight is 796 g/mol. The van der Waals surface area contributed by atoms with E-state index in [2.05, 4.69) is 60.9 Å². The maximum Gasteiger partial charge on any atom is 0.243 e. The number of aromatic hydroxyl groups is 1. The zero-order valence-corrected chi connectivity index (χ0v) is 34.0. The number of thiazole rings is 1. The molecule has 2 aliphatic heterocycles. The number of phenols is 1. The zero-order chi connectivity index (χ0) is 40.0. The molecule has 2 N–H and O–H groups in total. The molecule has 0 radical (unpaired) electrons. The number of benzene rings is 3. The van der Waals surface area contributed by atoms with Crippen molar-refractivity contribution in [2.45, 2.75) is 83.7 Å². The van der Waals surface area contributed by atoms with Crippen LogP contribution in [0.4, 0.5) is 5.82 Å². The predicted molar refractivity (Wildman–Crippen MR) is 225 cm³/mol. The molecule has 3 aromatic carbocycles. The van der Waals surface area contributed by atoms with Gasteiger partial charge in [0.15, 0.2) is 11.6 Å². The molecule has 2 unspecified atom stereocenters. The van der Waals surface area contributed by atoms with Crippen molar-refractivity contribution in [1.82, 2.24) is 30.6 Å². The molecule has 1 saturated carbocycles. The molecule has 12 heteroatoms. The van der Waals surface area contributed by atoms with Gasteiger partial charge in [-0.2, -0.15) is 0 Å². The van der Waals surface area contributed by atoms with Crippen molar-refractivity contribution in [1.29, 1.82) is 0 Å². The minimum absolute atomic E-state index is 0.0322. The van der Waals surface area contributed by atoms with Crippen LogP contribution in [0, 0.1) is 18.3 Å². The molecule has 2 amide bonds. The van der Waals surface area contributed by atoms with E-state index in [-0.39, 0.29) is 23.5 Å². The van der Waals surface area contributed by atoms with Crippen molar-refractivity contribution in [3.05, 3.63) is 107 Å². The van der Waals surface area contributed by atoms with Crippen LogP contribution >= 0.6 is 11.3 Å². The first-order valence-corrected chi connectivity index (χ1v) is 21.4. The van der Waals surface area contributed by atoms with Crippen LogP contribution in [0.15, 0.2) is 88.9 Å². The van der Waals surface area contributed by atoms with Gasteiger partial charge in [0.25, 0.3) is 0 Å². The fraction of sp³-hybridized carbons (Fsp3) is 0.391. The summed E-state index contributed by atoms with van der Waals surface area (Å²) in [5.74, 6) is 1.28. The third-order valence-corrected chi connectivity index (χ3v) is 13.8. The number of nitrogens with one attached hydrogen (secondary N) is 1. The van der Waals surface area contributed by atoms with Gasteiger partial charge in [0.05, 0.1) is 27.3 Å². The molecule has 1 aliphatic carbocycles. The number of hydrogen-bond acceptors (Lipinski definition) is 10. The monoisotopic (exact) mass is 795 g/mol. The van der Waals surface area contributed by atoms with Gasteiger partial charge in [-0.15, -0.1) is 21.5 Å². The van der Waals surface area contributed by atoms with Crippen LogP contribution in [0.1, 0.15) is 86.8 Å². The quantitative estimate of drug-likeness (QED) is 0.140. The van der Waals surface area contributed by atoms with Crippen LogP contribution in [0.5, 0.6) is 5.75 Å². The highest BCUT2D eigenvalue weighted by Gasteiger charge is 2.47. The number of aryl methyl sites for hydroxylation is 1. The number of likely N-dealkylation sites (tertiary alicyclic amines) is 1. The summed E-state index contributed by atoms with van der Waals surface area (Å²) in [6.45, 7) is 8.79. The number of phenolic OH excluding ortho intramolecular Hbond substituents is 1. The average Bonchev–Trinajstić information content (AvgIpc) is 4.01. The van der Waals surface area contributed by atoms with E-state index >= 15 is 0 Å². The standard InChI is InChI=1S/C46H49N7O4S/c1-28(2)42(45(56)53-18-6-8-38(53)44(55)47-26-30-10-12-31(13-11-30)43-29(3)48-27-58-43)40-23-41(51-57-40)52-19-16-46(17-20-52)24-34(25-46)32-14-15-33-22-37(50-49-36(33)21-32)35-7-4-5-9-39(35)54/h4-5,7,9-15,21-23,27-28,34,38,42,54H,6,8,16-20,24-26H2,1-3H3,(H,47,55). The normalized spacial score (nSPS) is 18.5. The molecule has 2 saturated heterocycles. The third-order valence-electron chi connectivity index (χ3n) is 12.8. The molecule has 0 bridgehead atoms. The lowest BCUT2D eigenvalue weighted by molar-refractivity contribution is -0.140. The maximum absolute atomic E-state index is 14.2. The number of para-hydroxylation sites is 1. The number of piperidine rings is 1. The lowest BCUT2D eigenvalue weighted by Gasteiger charge is -2.52. The maximum atomic E-state index is 14.2. The number of carbonyl (C=O) groups excluding carboxylic acids is 2. The molecule has 2 atom stereocenters. The second-order valence-electron chi connectivity index (χ2n) is 16.8. The summed E-state index contributed by atoms with van der Waals surface area (Å²) >= 11 is 1.62. The van der Waals surface area contributed by atoms with Gasteiger partial charge < -0.3 is 24.7 Å². The zero-order valence-electron chi connectivity index (χ0n) is 33.2. The Balaban J connectivity index is 0.791. The van der Waals surface area contributed by atoms with Crippen LogP contribution in [0.25, 0.3) is 32.6 Å². The number of hydrogen-bond donors (Lipinski definition) is 2. The lowest BCUT2D eigenvalue weighted by Crippen LogP contribution is -2.47. The molecular weight excluding hydrogens is 747 g/mol. The number of fused-ring (bicyclic) bond motifs is 1. The molecule has 3 aliphatic rings. The number of nitrogens with zero attached hydrogens (tertiary/aromatic N) is 6. The molecule has 1 spiro atoms. The molecule has 298 valence electrons. The molecular formula is C46H49N7O4S. The van der Waals surface area contributed by atoms with Gasteiger partial charge in [-0.25, -0.2) is 4.98 Å². The largest absolute Gasteiger partial charge is 0.507 e. The SMILES string of the molecule is Cc1ncsc1-c1ccc(CNC(=O)C2CCCN2C(=O)C(c2cc(N3CCC4(CC3)CC(c3ccc5cc(-c6ccccc6O)nnc5c3)C4)no2)C(C)C)cc1. The van der Waals surface area contributed by atoms with Crippen molar-refractivity contribution in [2.75, 3.05) is 24.5 Å². The fourth-order valence-electron chi connectivity index (χ4n) is 9.42. The van der Waals surface area contributed by atoms with Crippen molar-refractivity contribution < 1.29 is 19.2 Å². The smallest absolute Gasteiger partial charge is 0.243 e. The molecule has 5 heterocycles. The summed E-state index contributed by atoms with van der Waals surface area (Å²) in [4.78, 5) is 37.3. The van der Waals surface area contributed by atoms with E-state index < -0.39 is 12.0 Å². The third kappa shape index (κ3) is 7.34. The van der Waals surface area contributed by atoms with E-state index in [4.69, 9.17) is 4.52 Å². The van der Waals surface area contributed by atoms with E-state index in [1.54, 1.807) is 28.4 Å². The van der Waals surface area contributed by atoms with E-state index in [0.29, 0.717) is 47.9 Å². The first-order chi connectivity index (χ1) is 28.1. The van der Waals surface area contributed by atoms with Crippen LogP contribution in [-0.2, 0) is 16.1 Å². The summed E-state index contributed by atoms with van der Waals surface area (Å²) in [5.41, 5.74) is 8.82. The van der Waals surface area contributed by atoms with Gasteiger partial charge in [0.2, 0.25) is 11.8 Å². The summed E-state index contributed by atoms with van der Waals surface area (Å²) in [6, 6.07) is 25.4. The van der Waals surface area contributed by atoms with Crippen molar-refractivity contribution in [3.63, 3.8) is 0 Å². The summed E-state index contributed by atoms with van der Waals surface area (Å²) in [6.07, 6.45) is 5.88. The lowest BCUT2D eigenvalue weighted by atomic mass is 9.56. The predicted octanol–water partition coefficient (Wildman–Crippen LogP) is 8.63. The van der Waals surface area contributed by atoms with Gasteiger partial charge in [0, 0.05) is 43.2 Å². The van der Waals surface area contributed by atoms with Crippen LogP contribution in [-0.4, -0.2) is 67.8 Å². The number of anilines is 1. The van der Waals surface area contributed by atoms with Crippen molar-refractivity contribution in [3.8, 4) is 27.4 Å². The van der Waals surface area contributed by atoms with Crippen molar-refractivity contribution in [2.24, 2.45) is 11.3 Å². The van der Waals surface area contributed by atoms with E-state index in [9.17, 15) is 14.7 Å². The topological polar surface area (TPSA) is 138 Å². The van der Waals surface area contributed by atoms with Gasteiger partial charge in [-0.1, -0.05) is 67.5 Å². The fourth-order valence-corrected chi connectivity index (χ4v) is 10.2. The minimum Gasteiger partial charge on any atom is -0.507 e. The molecule has 3 aromatic heterocycles. The van der Waals surface area contributed by atoms with Crippen molar-refractivity contribution >= 4 is 39.9 Å². The van der Waals surface area contributed by atoms with Crippen LogP contribution < -0.4 is 10.2 Å². The number of carbonyl (C=O) groups is 2. The Labute approximate surface area is 342 Å². The summed E-state index contributed by atoms with van der Waals surface area (Å²) in [7, 11) is 0. The number of amides is 2. The molecule has 58 heavy (non-hydrogen) atoms. The summed E-state index contributed by atoms with van der Waals surface area (Å²) in [5, 5.41) is 27.8. The Morgan fingerprint density at radius 2 is 1.78 bits per heavy atom. The number of aromatic nitrogens is 4. The Bertz CT molecular complexity index is 2440. The first kappa shape index (κ1) is 37.9. The van der Waals surface area contributed by atoms with Gasteiger partial charge in [-0.3, -0.25) is 9.59 Å². The first-order valence-electron chi connectivity index (χ1n) is 20.5. The second kappa shape index (κ2) is 15.6. The van der Waals surface area contributed by atoms with Crippen LogP contribution in [0.2, 0.25) is 0 Å². The molecule has 3 fully saturated rings. The van der Waals surface area contributed by atoms with Gasteiger partial charge in [-0.05, 0) is 104 Å². The van der Waals surface area contributed by atoms with Crippen LogP contribution in [0.3, 0.4) is 0 Å². The highest BCUT2D eigenvalue weighted by molar-refractivity contribution is 7.13. The highest BCUT2D eigenvalue weighted by Crippen LogP contribution is 2.57. The number of rotatable bonds is 10. The van der Waals surface area contributed by atoms with E-state index in [1.807, 2.05) is 62.7 Å². The Morgan fingerprint density at radius 3 is 2.52 bits per heavy atom. The van der Waals surface area contributed by atoms with E-state index in [0.717, 1.165) is 83.6 Å². The molecule has 11 nitrogen and oxygen atoms in total. The molecule has 9 rings (SSSR count). The Morgan fingerprint density at radius 1 is 0.983 bits per heavy atom. The second-order valence-corrected chi connectivity index (χ2v) is 17.7. The van der Waals surface area contributed by atoms with Gasteiger partial charge >= 0.3 is 0 Å². The minimum atomic E-state index is -0.523. The summed E-state index contributed by atoms with van der Waals surface area (Å²) < 4.78 is 5.94. The highest BCUT2D eigenvalue weighted by atomic mass is 32.1.